The molecule has 16 heavy (non-hydrogen) atoms. The average molecular weight is 232 g/mol. The smallest absolute Gasteiger partial charge is 0.327 e. The van der Waals surface area contributed by atoms with Gasteiger partial charge in [0.05, 0.1) is 13.0 Å². The van der Waals surface area contributed by atoms with E-state index in [4.69, 9.17) is 5.84 Å². The largest absolute Gasteiger partial charge is 0.356 e. The lowest BCUT2D eigenvalue weighted by Crippen LogP contribution is -2.38. The summed E-state index contributed by atoms with van der Waals surface area (Å²) in [5.74, 6) is 4.32. The molecule has 0 atom stereocenters. The first kappa shape index (κ1) is 14.8. The van der Waals surface area contributed by atoms with Gasteiger partial charge in [0.1, 0.15) is 0 Å². The Bertz CT molecular complexity index is 223. The highest BCUT2D eigenvalue weighted by Gasteiger charge is 2.10. The maximum Gasteiger partial charge on any atom is 0.327 e. The fourth-order valence-corrected chi connectivity index (χ4v) is 1.17. The van der Waals surface area contributed by atoms with Crippen molar-refractivity contribution in [2.24, 2.45) is 5.84 Å². The third-order valence-corrected chi connectivity index (χ3v) is 1.99. The van der Waals surface area contributed by atoms with Crippen molar-refractivity contribution in [3.8, 4) is 0 Å². The van der Waals surface area contributed by atoms with E-state index >= 15 is 0 Å². The van der Waals surface area contributed by atoms with Crippen molar-refractivity contribution >= 4 is 11.9 Å². The van der Waals surface area contributed by atoms with Crippen LogP contribution in [0, 0.1) is 0 Å². The highest BCUT2D eigenvalue weighted by Crippen LogP contribution is 1.92. The number of nitrogens with zero attached hydrogens (tertiary/aromatic N) is 1. The Balaban J connectivity index is 3.82. The fourth-order valence-electron chi connectivity index (χ4n) is 1.17. The van der Waals surface area contributed by atoms with Gasteiger partial charge in [0.15, 0.2) is 0 Å². The molecule has 0 unspecified atom stereocenters. The predicted octanol–water partition coefficient (Wildman–Crippen LogP) is -1.24. The third-order valence-electron chi connectivity index (χ3n) is 1.99. The van der Waals surface area contributed by atoms with Crippen LogP contribution in [0.15, 0.2) is 0 Å². The number of carbonyl (C=O) groups excluding carboxylic acids is 2. The SMILES string of the molecule is CCNC(=O)CN(CC)CCC(=O)ONN. The second-order valence-electron chi connectivity index (χ2n) is 3.16. The zero-order valence-corrected chi connectivity index (χ0v) is 9.78. The molecular formula is C9H20N4O3. The van der Waals surface area contributed by atoms with Crippen molar-refractivity contribution in [3.63, 3.8) is 0 Å². The van der Waals surface area contributed by atoms with E-state index in [0.717, 1.165) is 0 Å². The van der Waals surface area contributed by atoms with Crippen LogP contribution in [0.25, 0.3) is 0 Å². The molecule has 0 bridgehead atoms. The Labute approximate surface area is 95.2 Å². The molecule has 0 aliphatic heterocycles. The molecule has 0 aliphatic rings. The van der Waals surface area contributed by atoms with Crippen molar-refractivity contribution in [3.05, 3.63) is 0 Å². The summed E-state index contributed by atoms with van der Waals surface area (Å²) in [6.45, 7) is 5.84. The van der Waals surface area contributed by atoms with Gasteiger partial charge in [0.25, 0.3) is 0 Å². The second kappa shape index (κ2) is 9.08. The molecule has 0 fully saturated rings. The number of rotatable bonds is 8. The summed E-state index contributed by atoms with van der Waals surface area (Å²) in [7, 11) is 0. The lowest BCUT2D eigenvalue weighted by molar-refractivity contribution is -0.151. The molecule has 0 radical (unpaired) electrons. The molecule has 0 aromatic carbocycles. The summed E-state index contributed by atoms with van der Waals surface area (Å²) in [6, 6.07) is 0. The second-order valence-corrected chi connectivity index (χ2v) is 3.16. The standard InChI is InChI=1S/C9H20N4O3/c1-3-11-8(14)7-13(4-2)6-5-9(15)16-12-10/h12H,3-7,10H2,1-2H3,(H,11,14). The van der Waals surface area contributed by atoms with E-state index in [2.05, 4.69) is 10.2 Å². The number of hydrogen-bond acceptors (Lipinski definition) is 6. The zero-order valence-electron chi connectivity index (χ0n) is 9.78. The van der Waals surface area contributed by atoms with Crippen LogP contribution in [-0.4, -0.2) is 43.0 Å². The highest BCUT2D eigenvalue weighted by molar-refractivity contribution is 5.78. The Morgan fingerprint density at radius 1 is 1.38 bits per heavy atom. The van der Waals surface area contributed by atoms with Gasteiger partial charge in [-0.15, -0.1) is 0 Å². The summed E-state index contributed by atoms with van der Waals surface area (Å²) in [6.07, 6.45) is 0.192. The number of nitrogens with two attached hydrogens (primary N) is 1. The minimum atomic E-state index is -0.447. The summed E-state index contributed by atoms with van der Waals surface area (Å²) in [4.78, 5) is 28.5. The molecule has 0 aliphatic carbocycles. The fraction of sp³-hybridized carbons (Fsp3) is 0.778. The maximum atomic E-state index is 11.3. The van der Waals surface area contributed by atoms with Crippen LogP contribution in [0.3, 0.4) is 0 Å². The number of nitrogens with one attached hydrogen (secondary N) is 2. The third kappa shape index (κ3) is 7.16. The van der Waals surface area contributed by atoms with Crippen LogP contribution >= 0.6 is 0 Å². The first-order valence-corrected chi connectivity index (χ1v) is 5.28. The van der Waals surface area contributed by atoms with Crippen molar-refractivity contribution in [1.82, 2.24) is 15.8 Å². The van der Waals surface area contributed by atoms with E-state index < -0.39 is 5.97 Å². The first-order valence-electron chi connectivity index (χ1n) is 5.28. The van der Waals surface area contributed by atoms with Crippen molar-refractivity contribution in [2.75, 3.05) is 26.2 Å². The van der Waals surface area contributed by atoms with Gasteiger partial charge >= 0.3 is 5.97 Å². The average Bonchev–Trinajstić information content (AvgIpc) is 2.25. The minimum absolute atomic E-state index is 0.0466. The van der Waals surface area contributed by atoms with Gasteiger partial charge in [0.2, 0.25) is 5.91 Å². The quantitative estimate of drug-likeness (QED) is 0.357. The summed E-state index contributed by atoms with van der Waals surface area (Å²) in [5.41, 5.74) is 1.82. The maximum absolute atomic E-state index is 11.3. The van der Waals surface area contributed by atoms with E-state index in [1.165, 1.54) is 0 Å². The summed E-state index contributed by atoms with van der Waals surface area (Å²) >= 11 is 0. The zero-order chi connectivity index (χ0) is 12.4. The lowest BCUT2D eigenvalue weighted by Gasteiger charge is -2.18. The van der Waals surface area contributed by atoms with Gasteiger partial charge in [-0.05, 0) is 13.5 Å². The number of carbonyl (C=O) groups is 2. The van der Waals surface area contributed by atoms with E-state index in [1.54, 1.807) is 0 Å². The molecule has 94 valence electrons. The van der Waals surface area contributed by atoms with Gasteiger partial charge in [-0.25, -0.2) is 5.84 Å². The van der Waals surface area contributed by atoms with Crippen molar-refractivity contribution < 1.29 is 14.4 Å². The topological polar surface area (TPSA) is 96.7 Å². The Morgan fingerprint density at radius 3 is 2.56 bits per heavy atom. The number of hydrazine groups is 1. The van der Waals surface area contributed by atoms with E-state index in [9.17, 15) is 9.59 Å². The Hall–Kier alpha value is -1.18. The van der Waals surface area contributed by atoms with Crippen LogP contribution in [0.2, 0.25) is 0 Å². The van der Waals surface area contributed by atoms with Gasteiger partial charge in [-0.3, -0.25) is 14.5 Å². The van der Waals surface area contributed by atoms with Crippen molar-refractivity contribution in [1.29, 1.82) is 0 Å². The number of hydrogen-bond donors (Lipinski definition) is 3. The van der Waals surface area contributed by atoms with E-state index in [-0.39, 0.29) is 18.9 Å². The number of amides is 1. The van der Waals surface area contributed by atoms with Gasteiger partial charge in [-0.1, -0.05) is 12.5 Å². The Kier molecular flexibility index (Phi) is 8.41. The monoisotopic (exact) mass is 232 g/mol. The van der Waals surface area contributed by atoms with Crippen LogP contribution in [-0.2, 0) is 14.4 Å². The van der Waals surface area contributed by atoms with Crippen LogP contribution in [0.5, 0.6) is 0 Å². The molecule has 4 N–H and O–H groups in total. The minimum Gasteiger partial charge on any atom is -0.356 e. The molecule has 0 aromatic heterocycles. The van der Waals surface area contributed by atoms with Crippen LogP contribution in [0.1, 0.15) is 20.3 Å². The van der Waals surface area contributed by atoms with Crippen LogP contribution in [0.4, 0.5) is 0 Å². The molecule has 0 heterocycles. The summed E-state index contributed by atoms with van der Waals surface area (Å²) in [5, 5.41) is 2.69. The Morgan fingerprint density at radius 2 is 2.06 bits per heavy atom. The molecule has 1 amide bonds. The molecule has 0 rings (SSSR count). The molecule has 7 nitrogen and oxygen atoms in total. The molecular weight excluding hydrogens is 212 g/mol. The summed E-state index contributed by atoms with van der Waals surface area (Å²) < 4.78 is 0. The lowest BCUT2D eigenvalue weighted by atomic mass is 10.3. The molecule has 0 spiro atoms. The van der Waals surface area contributed by atoms with Gasteiger partial charge < -0.3 is 10.2 Å². The molecule has 0 saturated heterocycles. The van der Waals surface area contributed by atoms with E-state index in [0.29, 0.717) is 19.6 Å². The van der Waals surface area contributed by atoms with Crippen LogP contribution < -0.4 is 16.7 Å². The predicted molar refractivity (Wildman–Crippen MR) is 58.8 cm³/mol. The van der Waals surface area contributed by atoms with Crippen molar-refractivity contribution in [2.45, 2.75) is 20.3 Å². The number of likely N-dealkylation sites (N-methyl/N-ethyl adjacent to an activating group) is 2. The molecule has 0 aromatic rings. The van der Waals surface area contributed by atoms with Gasteiger partial charge in [-0.2, -0.15) is 0 Å². The highest BCUT2D eigenvalue weighted by atomic mass is 16.7. The first-order chi connectivity index (χ1) is 7.63. The molecule has 0 saturated carbocycles. The van der Waals surface area contributed by atoms with Gasteiger partial charge in [0, 0.05) is 13.1 Å². The molecule has 7 heteroatoms. The normalized spacial score (nSPS) is 10.2. The van der Waals surface area contributed by atoms with E-state index in [1.807, 2.05) is 24.3 Å².